The third-order valence-corrected chi connectivity index (χ3v) is 3.95. The topological polar surface area (TPSA) is 29.5 Å². The van der Waals surface area contributed by atoms with Gasteiger partial charge in [0.15, 0.2) is 0 Å². The average molecular weight is 281 g/mol. The number of hydrogen-bond acceptors (Lipinski definition) is 3. The zero-order chi connectivity index (χ0) is 13.0. The highest BCUT2D eigenvalue weighted by molar-refractivity contribution is 7.99. The Morgan fingerprint density at radius 2 is 2.00 bits per heavy atom. The van der Waals surface area contributed by atoms with Crippen molar-refractivity contribution in [1.29, 1.82) is 0 Å². The first-order valence-corrected chi connectivity index (χ1v) is 6.64. The Morgan fingerprint density at radius 1 is 1.22 bits per heavy atom. The highest BCUT2D eigenvalue weighted by Gasteiger charge is 2.07. The van der Waals surface area contributed by atoms with Gasteiger partial charge >= 0.3 is 0 Å². The lowest BCUT2D eigenvalue weighted by Crippen LogP contribution is -1.89. The second kappa shape index (κ2) is 6.14. The molecule has 0 bridgehead atoms. The van der Waals surface area contributed by atoms with Gasteiger partial charge in [0.1, 0.15) is 5.75 Å². The van der Waals surface area contributed by atoms with Crippen LogP contribution in [0.1, 0.15) is 5.56 Å². The largest absolute Gasteiger partial charge is 0.497 e. The molecule has 0 fully saturated rings. The van der Waals surface area contributed by atoms with Crippen LogP contribution in [0, 0.1) is 0 Å². The summed E-state index contributed by atoms with van der Waals surface area (Å²) in [7, 11) is 1.64. The number of halogens is 1. The van der Waals surface area contributed by atoms with Crippen LogP contribution in [-0.2, 0) is 6.61 Å². The maximum Gasteiger partial charge on any atom is 0.119 e. The lowest BCUT2D eigenvalue weighted by atomic mass is 10.2. The molecule has 0 aromatic heterocycles. The molecule has 2 nitrogen and oxygen atoms in total. The van der Waals surface area contributed by atoms with Crippen molar-refractivity contribution < 1.29 is 9.84 Å². The smallest absolute Gasteiger partial charge is 0.119 e. The van der Waals surface area contributed by atoms with Crippen LogP contribution in [0.2, 0.25) is 5.02 Å². The summed E-state index contributed by atoms with van der Waals surface area (Å²) in [5.41, 5.74) is 0.756. The molecule has 2 aromatic carbocycles. The van der Waals surface area contributed by atoms with E-state index in [0.29, 0.717) is 5.02 Å². The summed E-state index contributed by atoms with van der Waals surface area (Å²) < 4.78 is 5.18. The van der Waals surface area contributed by atoms with Gasteiger partial charge < -0.3 is 9.84 Å². The van der Waals surface area contributed by atoms with Gasteiger partial charge in [0.05, 0.1) is 13.7 Å². The van der Waals surface area contributed by atoms with Gasteiger partial charge in [0, 0.05) is 20.4 Å². The van der Waals surface area contributed by atoms with Crippen molar-refractivity contribution in [2.24, 2.45) is 0 Å². The van der Waals surface area contributed by atoms with Gasteiger partial charge in [0.25, 0.3) is 0 Å². The van der Waals surface area contributed by atoms with Gasteiger partial charge in [-0.1, -0.05) is 35.5 Å². The van der Waals surface area contributed by atoms with E-state index in [2.05, 4.69) is 0 Å². The molecule has 0 aliphatic rings. The van der Waals surface area contributed by atoms with Gasteiger partial charge in [-0.2, -0.15) is 0 Å². The Bertz CT molecular complexity index is 543. The molecule has 0 amide bonds. The maximum absolute atomic E-state index is 9.36. The van der Waals surface area contributed by atoms with Gasteiger partial charge in [-0.25, -0.2) is 0 Å². The van der Waals surface area contributed by atoms with Crippen molar-refractivity contribution in [2.75, 3.05) is 7.11 Å². The molecular weight excluding hydrogens is 268 g/mol. The van der Waals surface area contributed by atoms with Crippen LogP contribution in [0.15, 0.2) is 52.3 Å². The number of ether oxygens (including phenoxy) is 1. The van der Waals surface area contributed by atoms with E-state index in [4.69, 9.17) is 16.3 Å². The molecule has 0 heterocycles. The van der Waals surface area contributed by atoms with Gasteiger partial charge in [0.2, 0.25) is 0 Å². The van der Waals surface area contributed by atoms with Crippen LogP contribution in [0.5, 0.6) is 5.75 Å². The van der Waals surface area contributed by atoms with E-state index in [1.165, 1.54) is 0 Å². The number of aliphatic hydroxyl groups excluding tert-OH is 1. The van der Waals surface area contributed by atoms with E-state index in [1.54, 1.807) is 24.9 Å². The summed E-state index contributed by atoms with van der Waals surface area (Å²) >= 11 is 7.61. The first-order valence-electron chi connectivity index (χ1n) is 5.44. The monoisotopic (exact) mass is 280 g/mol. The Hall–Kier alpha value is -1.16. The third-order valence-electron chi connectivity index (χ3n) is 2.50. The molecule has 0 unspecified atom stereocenters. The molecule has 0 spiro atoms. The quantitative estimate of drug-likeness (QED) is 0.918. The van der Waals surface area contributed by atoms with Crippen LogP contribution in [-0.4, -0.2) is 12.2 Å². The lowest BCUT2D eigenvalue weighted by Gasteiger charge is -2.09. The van der Waals surface area contributed by atoms with Gasteiger partial charge in [-0.05, 0) is 30.3 Å². The number of methoxy groups -OCH3 is 1. The minimum absolute atomic E-state index is 0.0635. The van der Waals surface area contributed by atoms with Crippen LogP contribution < -0.4 is 4.74 Å². The first-order chi connectivity index (χ1) is 8.74. The minimum atomic E-state index is -0.0635. The highest BCUT2D eigenvalue weighted by atomic mass is 35.5. The maximum atomic E-state index is 9.36. The van der Waals surface area contributed by atoms with Crippen LogP contribution in [0.4, 0.5) is 0 Å². The summed E-state index contributed by atoms with van der Waals surface area (Å²) in [6.07, 6.45) is 0. The normalized spacial score (nSPS) is 10.4. The molecule has 0 aliphatic heterocycles. The molecular formula is C14H13ClO2S. The molecule has 4 heteroatoms. The molecule has 1 N–H and O–H groups in total. The third kappa shape index (κ3) is 2.99. The fraction of sp³-hybridized carbons (Fsp3) is 0.143. The molecule has 0 atom stereocenters. The molecule has 2 aromatic rings. The zero-order valence-corrected chi connectivity index (χ0v) is 11.5. The van der Waals surface area contributed by atoms with E-state index >= 15 is 0 Å². The fourth-order valence-corrected chi connectivity index (χ4v) is 2.89. The molecule has 18 heavy (non-hydrogen) atoms. The van der Waals surface area contributed by atoms with E-state index in [0.717, 1.165) is 21.1 Å². The zero-order valence-electron chi connectivity index (χ0n) is 9.89. The number of benzene rings is 2. The summed E-state index contributed by atoms with van der Waals surface area (Å²) in [6.45, 7) is -0.0635. The highest BCUT2D eigenvalue weighted by Crippen LogP contribution is 2.34. The summed E-state index contributed by atoms with van der Waals surface area (Å²) in [4.78, 5) is 2.00. The SMILES string of the molecule is COc1cccc(Sc2cccc(Cl)c2CO)c1. The molecule has 0 saturated heterocycles. The van der Waals surface area contributed by atoms with Gasteiger partial charge in [-0.3, -0.25) is 0 Å². The van der Waals surface area contributed by atoms with Crippen molar-refractivity contribution in [1.82, 2.24) is 0 Å². The van der Waals surface area contributed by atoms with Crippen molar-refractivity contribution in [2.45, 2.75) is 16.4 Å². The Morgan fingerprint density at radius 3 is 2.72 bits per heavy atom. The minimum Gasteiger partial charge on any atom is -0.497 e. The van der Waals surface area contributed by atoms with E-state index in [1.807, 2.05) is 36.4 Å². The molecule has 94 valence electrons. The summed E-state index contributed by atoms with van der Waals surface area (Å²) in [5.74, 6) is 0.813. The molecule has 0 saturated carbocycles. The predicted molar refractivity (Wildman–Crippen MR) is 74.5 cm³/mol. The van der Waals surface area contributed by atoms with E-state index in [9.17, 15) is 5.11 Å². The van der Waals surface area contributed by atoms with Crippen molar-refractivity contribution in [3.8, 4) is 5.75 Å². The standard InChI is InChI=1S/C14H13ClO2S/c1-17-10-4-2-5-11(8-10)18-14-7-3-6-13(15)12(14)9-16/h2-8,16H,9H2,1H3. The molecule has 0 radical (unpaired) electrons. The Kier molecular flexibility index (Phi) is 4.53. The fourth-order valence-electron chi connectivity index (χ4n) is 1.58. The second-order valence-corrected chi connectivity index (χ2v) is 5.18. The lowest BCUT2D eigenvalue weighted by molar-refractivity contribution is 0.279. The first kappa shape index (κ1) is 13.3. The van der Waals surface area contributed by atoms with Crippen LogP contribution >= 0.6 is 23.4 Å². The Labute approximate surface area is 116 Å². The number of aliphatic hydroxyl groups is 1. The number of rotatable bonds is 4. The summed E-state index contributed by atoms with van der Waals surface area (Å²) in [6, 6.07) is 13.4. The van der Waals surface area contributed by atoms with Crippen molar-refractivity contribution >= 4 is 23.4 Å². The molecule has 2 rings (SSSR count). The molecule has 0 aliphatic carbocycles. The number of hydrogen-bond donors (Lipinski definition) is 1. The van der Waals surface area contributed by atoms with Crippen LogP contribution in [0.25, 0.3) is 0 Å². The van der Waals surface area contributed by atoms with Crippen LogP contribution in [0.3, 0.4) is 0 Å². The predicted octanol–water partition coefficient (Wildman–Crippen LogP) is 3.99. The van der Waals surface area contributed by atoms with Gasteiger partial charge in [-0.15, -0.1) is 0 Å². The summed E-state index contributed by atoms with van der Waals surface area (Å²) in [5, 5.41) is 9.94. The van der Waals surface area contributed by atoms with E-state index < -0.39 is 0 Å². The average Bonchev–Trinajstić information content (AvgIpc) is 2.39. The van der Waals surface area contributed by atoms with E-state index in [-0.39, 0.29) is 6.61 Å². The Balaban J connectivity index is 2.30. The van der Waals surface area contributed by atoms with Crippen molar-refractivity contribution in [3.05, 3.63) is 53.1 Å². The second-order valence-electron chi connectivity index (χ2n) is 3.66. The van der Waals surface area contributed by atoms with Crippen molar-refractivity contribution in [3.63, 3.8) is 0 Å².